The largest absolute Gasteiger partial charge is 0.508 e. The number of hydrogen-bond donors (Lipinski definition) is 6. The highest BCUT2D eigenvalue weighted by molar-refractivity contribution is 5.88. The Labute approximate surface area is 196 Å². The van der Waals surface area contributed by atoms with Crippen LogP contribution < -0.4 is 10.2 Å². The topological polar surface area (TPSA) is 196 Å². The van der Waals surface area contributed by atoms with Gasteiger partial charge >= 0.3 is 5.97 Å². The van der Waals surface area contributed by atoms with Crippen molar-refractivity contribution in [1.82, 2.24) is 0 Å². The molecule has 12 nitrogen and oxygen atoms in total. The fourth-order valence-electron chi connectivity index (χ4n) is 3.76. The van der Waals surface area contributed by atoms with Crippen LogP contribution in [0.3, 0.4) is 0 Å². The number of aromatic hydroxyl groups is 3. The molecule has 1 aliphatic rings. The molecule has 1 fully saturated rings. The second-order valence-corrected chi connectivity index (χ2v) is 7.87. The van der Waals surface area contributed by atoms with Crippen molar-refractivity contribution in [3.63, 3.8) is 0 Å². The highest BCUT2D eigenvalue weighted by Gasteiger charge is 2.48. The maximum Gasteiger partial charge on any atom is 0.303 e. The number of fused-ring (bicyclic) bond motifs is 1. The number of aliphatic hydroxyl groups is 3. The van der Waals surface area contributed by atoms with Crippen LogP contribution in [0.5, 0.6) is 23.0 Å². The van der Waals surface area contributed by atoms with Gasteiger partial charge < -0.3 is 49.3 Å². The first kappa shape index (κ1) is 24.3. The van der Waals surface area contributed by atoms with Gasteiger partial charge in [-0.05, 0) is 24.3 Å². The highest BCUT2D eigenvalue weighted by atomic mass is 16.7. The summed E-state index contributed by atoms with van der Waals surface area (Å²) in [6.07, 6.45) is -8.03. The highest BCUT2D eigenvalue weighted by Crippen LogP contribution is 2.37. The number of benzene rings is 2. The Balaban J connectivity index is 1.90. The lowest BCUT2D eigenvalue weighted by atomic mass is 9.99. The Morgan fingerprint density at radius 1 is 1.03 bits per heavy atom. The van der Waals surface area contributed by atoms with Crippen molar-refractivity contribution in [3.05, 3.63) is 46.6 Å². The SMILES string of the molecule is CC(=O)O[C@H]1[C@H](Oc2c(-c3ccc(O)cc3)oc3cc(O)cc(O)c3c2=O)O[C@H](CO)[C@@H](O)[C@@H]1O. The maximum atomic E-state index is 13.4. The molecule has 1 aliphatic heterocycles. The van der Waals surface area contributed by atoms with E-state index in [0.717, 1.165) is 19.1 Å². The van der Waals surface area contributed by atoms with Crippen LogP contribution in [-0.4, -0.2) is 73.9 Å². The summed E-state index contributed by atoms with van der Waals surface area (Å²) in [6.45, 7) is 0.313. The van der Waals surface area contributed by atoms with E-state index < -0.39 is 60.2 Å². The number of carbonyl (C=O) groups excluding carboxylic acids is 1. The van der Waals surface area contributed by atoms with Crippen molar-refractivity contribution in [2.75, 3.05) is 6.61 Å². The van der Waals surface area contributed by atoms with Crippen molar-refractivity contribution in [3.8, 4) is 34.3 Å². The van der Waals surface area contributed by atoms with Gasteiger partial charge in [0.2, 0.25) is 17.5 Å². The minimum absolute atomic E-state index is 0.0805. The molecule has 1 aromatic heterocycles. The molecule has 2 heterocycles. The molecule has 186 valence electrons. The summed E-state index contributed by atoms with van der Waals surface area (Å²) in [6, 6.07) is 7.44. The number of carbonyl (C=O) groups is 1. The van der Waals surface area contributed by atoms with Crippen LogP contribution in [0.15, 0.2) is 45.6 Å². The number of rotatable bonds is 5. The second-order valence-electron chi connectivity index (χ2n) is 7.87. The van der Waals surface area contributed by atoms with Gasteiger partial charge in [0.05, 0.1) is 6.61 Å². The summed E-state index contributed by atoms with van der Waals surface area (Å²) in [7, 11) is 0. The minimum Gasteiger partial charge on any atom is -0.508 e. The first-order chi connectivity index (χ1) is 16.6. The number of esters is 1. The number of phenolic OH excluding ortho intramolecular Hbond substituents is 3. The van der Waals surface area contributed by atoms with Gasteiger partial charge in [-0.15, -0.1) is 0 Å². The Bertz CT molecular complexity index is 1300. The average molecular weight is 490 g/mol. The third-order valence-electron chi connectivity index (χ3n) is 5.41. The van der Waals surface area contributed by atoms with Crippen molar-refractivity contribution >= 4 is 16.9 Å². The van der Waals surface area contributed by atoms with Gasteiger partial charge in [0.1, 0.15) is 46.5 Å². The van der Waals surface area contributed by atoms with Crippen LogP contribution in [0, 0.1) is 0 Å². The number of hydrogen-bond acceptors (Lipinski definition) is 12. The standard InChI is InChI=1S/C23H22O12/c1-9(25)32-22-19(31)17(29)15(8-24)34-23(22)35-21-18(30)16-13(28)6-12(27)7-14(16)33-20(21)10-2-4-11(26)5-3-10/h2-7,15,17,19,22-24,26-29,31H,8H2,1H3/t15-,17-,19+,22-,23+/m1/s1. The molecule has 0 unspecified atom stereocenters. The fraction of sp³-hybridized carbons (Fsp3) is 0.304. The lowest BCUT2D eigenvalue weighted by Gasteiger charge is -2.41. The van der Waals surface area contributed by atoms with E-state index in [1.54, 1.807) is 0 Å². The molecular formula is C23H22O12. The molecule has 4 rings (SSSR count). The predicted octanol–water partition coefficient (Wildman–Crippen LogP) is 0.326. The van der Waals surface area contributed by atoms with E-state index in [-0.39, 0.29) is 33.8 Å². The van der Waals surface area contributed by atoms with Gasteiger partial charge in [0.15, 0.2) is 11.9 Å². The molecule has 3 aromatic rings. The van der Waals surface area contributed by atoms with Gasteiger partial charge in [-0.3, -0.25) is 9.59 Å². The van der Waals surface area contributed by atoms with E-state index in [0.29, 0.717) is 0 Å². The normalized spacial score (nSPS) is 24.3. The van der Waals surface area contributed by atoms with E-state index in [9.17, 15) is 40.2 Å². The molecule has 0 bridgehead atoms. The van der Waals surface area contributed by atoms with Crippen LogP contribution in [0.2, 0.25) is 0 Å². The van der Waals surface area contributed by atoms with E-state index in [4.69, 9.17) is 18.6 Å². The number of ether oxygens (including phenoxy) is 3. The van der Waals surface area contributed by atoms with Gasteiger partial charge in [-0.2, -0.15) is 0 Å². The quantitative estimate of drug-likeness (QED) is 0.268. The summed E-state index contributed by atoms with van der Waals surface area (Å²) in [5, 5.41) is 59.6. The molecular weight excluding hydrogens is 468 g/mol. The minimum atomic E-state index is -1.75. The Morgan fingerprint density at radius 2 is 1.71 bits per heavy atom. The Kier molecular flexibility index (Phi) is 6.54. The third kappa shape index (κ3) is 4.59. The summed E-state index contributed by atoms with van der Waals surface area (Å²) in [5.41, 5.74) is -0.857. The number of aliphatic hydroxyl groups excluding tert-OH is 3. The zero-order chi connectivity index (χ0) is 25.4. The zero-order valence-electron chi connectivity index (χ0n) is 18.2. The molecule has 6 N–H and O–H groups in total. The summed E-state index contributed by atoms with van der Waals surface area (Å²) < 4.78 is 22.0. The fourth-order valence-corrected chi connectivity index (χ4v) is 3.76. The lowest BCUT2D eigenvalue weighted by Crippen LogP contribution is -2.61. The Hall–Kier alpha value is -3.84. The van der Waals surface area contributed by atoms with Crippen LogP contribution in [0.25, 0.3) is 22.3 Å². The molecule has 35 heavy (non-hydrogen) atoms. The molecule has 5 atom stereocenters. The van der Waals surface area contributed by atoms with Crippen molar-refractivity contribution in [2.45, 2.75) is 37.6 Å². The summed E-state index contributed by atoms with van der Waals surface area (Å²) in [4.78, 5) is 25.0. The van der Waals surface area contributed by atoms with Crippen LogP contribution in [-0.2, 0) is 14.3 Å². The molecule has 0 saturated carbocycles. The Morgan fingerprint density at radius 3 is 2.34 bits per heavy atom. The molecule has 1 saturated heterocycles. The van der Waals surface area contributed by atoms with Gasteiger partial charge in [0, 0.05) is 24.6 Å². The van der Waals surface area contributed by atoms with Gasteiger partial charge in [-0.25, -0.2) is 0 Å². The molecule has 2 aromatic carbocycles. The van der Waals surface area contributed by atoms with Crippen molar-refractivity contribution in [1.29, 1.82) is 0 Å². The monoisotopic (exact) mass is 490 g/mol. The average Bonchev–Trinajstić information content (AvgIpc) is 2.79. The van der Waals surface area contributed by atoms with Crippen molar-refractivity contribution in [2.24, 2.45) is 0 Å². The summed E-state index contributed by atoms with van der Waals surface area (Å²) in [5.74, 6) is -2.66. The second kappa shape index (κ2) is 9.43. The first-order valence-electron chi connectivity index (χ1n) is 10.4. The van der Waals surface area contributed by atoms with Crippen LogP contribution in [0.4, 0.5) is 0 Å². The smallest absolute Gasteiger partial charge is 0.303 e. The molecule has 0 aliphatic carbocycles. The number of phenols is 3. The zero-order valence-corrected chi connectivity index (χ0v) is 18.2. The first-order valence-corrected chi connectivity index (χ1v) is 10.4. The summed E-state index contributed by atoms with van der Waals surface area (Å²) >= 11 is 0. The van der Waals surface area contributed by atoms with Crippen LogP contribution >= 0.6 is 0 Å². The van der Waals surface area contributed by atoms with E-state index >= 15 is 0 Å². The maximum absolute atomic E-state index is 13.4. The van der Waals surface area contributed by atoms with Gasteiger partial charge in [0.25, 0.3) is 0 Å². The molecule has 12 heteroatoms. The molecule has 0 amide bonds. The van der Waals surface area contributed by atoms with Gasteiger partial charge in [-0.1, -0.05) is 0 Å². The lowest BCUT2D eigenvalue weighted by molar-refractivity contribution is -0.282. The molecule has 0 radical (unpaired) electrons. The van der Waals surface area contributed by atoms with Crippen LogP contribution in [0.1, 0.15) is 6.92 Å². The third-order valence-corrected chi connectivity index (χ3v) is 5.41. The van der Waals surface area contributed by atoms with Crippen molar-refractivity contribution < 1.29 is 54.1 Å². The molecule has 0 spiro atoms. The predicted molar refractivity (Wildman–Crippen MR) is 117 cm³/mol. The van der Waals surface area contributed by atoms with E-state index in [2.05, 4.69) is 0 Å². The van der Waals surface area contributed by atoms with E-state index in [1.165, 1.54) is 24.3 Å². The van der Waals surface area contributed by atoms with E-state index in [1.807, 2.05) is 0 Å².